The predicted octanol–water partition coefficient (Wildman–Crippen LogP) is 3.59. The summed E-state index contributed by atoms with van der Waals surface area (Å²) in [6, 6.07) is 13.5. The van der Waals surface area contributed by atoms with Gasteiger partial charge in [-0.15, -0.1) is 0 Å². The first-order valence-corrected chi connectivity index (χ1v) is 9.14. The molecule has 1 heterocycles. The summed E-state index contributed by atoms with van der Waals surface area (Å²) in [4.78, 5) is 12.5. The van der Waals surface area contributed by atoms with E-state index >= 15 is 0 Å². The predicted molar refractivity (Wildman–Crippen MR) is 97.9 cm³/mol. The summed E-state index contributed by atoms with van der Waals surface area (Å²) >= 11 is 10.0. The second-order valence-corrected chi connectivity index (χ2v) is 6.92. The fourth-order valence-electron chi connectivity index (χ4n) is 2.34. The van der Waals surface area contributed by atoms with Gasteiger partial charge in [-0.05, 0) is 29.3 Å². The summed E-state index contributed by atoms with van der Waals surface area (Å²) in [7, 11) is 0. The Morgan fingerprint density at radius 1 is 1.12 bits per heavy atom. The quantitative estimate of drug-likeness (QED) is 0.634. The molecule has 0 aliphatic carbocycles. The van der Waals surface area contributed by atoms with Gasteiger partial charge in [-0.3, -0.25) is 9.00 Å². The fourth-order valence-corrected chi connectivity index (χ4v) is 3.23. The van der Waals surface area contributed by atoms with Gasteiger partial charge in [-0.1, -0.05) is 64.6 Å². The topological polar surface area (TPSA) is 75.0 Å². The Bertz CT molecular complexity index is 1000. The van der Waals surface area contributed by atoms with Gasteiger partial charge in [-0.25, -0.2) is 0 Å². The van der Waals surface area contributed by atoms with Crippen LogP contribution in [-0.2, 0) is 16.8 Å². The Hall–Kier alpha value is -1.99. The Balaban J connectivity index is 2.00. The van der Waals surface area contributed by atoms with E-state index in [1.54, 1.807) is 48.5 Å². The van der Waals surface area contributed by atoms with Gasteiger partial charge in [0.25, 0.3) is 5.56 Å². The van der Waals surface area contributed by atoms with E-state index in [9.17, 15) is 13.6 Å². The van der Waals surface area contributed by atoms with Crippen LogP contribution in [0.25, 0.3) is 16.8 Å². The third-order valence-electron chi connectivity index (χ3n) is 3.52. The minimum atomic E-state index is -2.15. The minimum absolute atomic E-state index is 0.0233. The zero-order valence-electron chi connectivity index (χ0n) is 12.7. The first-order chi connectivity index (χ1) is 12.0. The van der Waals surface area contributed by atoms with Crippen LogP contribution in [0.15, 0.2) is 59.5 Å². The molecule has 0 amide bonds. The van der Waals surface area contributed by atoms with Crippen molar-refractivity contribution in [2.75, 3.05) is 0 Å². The number of halogens is 2. The molecule has 0 radical (unpaired) electrons. The fraction of sp³-hybridized carbons (Fsp3) is 0.0588. The maximum atomic E-state index is 12.5. The zero-order valence-corrected chi connectivity index (χ0v) is 15.0. The van der Waals surface area contributed by atoms with Gasteiger partial charge in [0.15, 0.2) is 0 Å². The van der Waals surface area contributed by atoms with E-state index in [0.29, 0.717) is 27.4 Å². The normalized spacial score (nSPS) is 12.1. The van der Waals surface area contributed by atoms with E-state index < -0.39 is 16.6 Å². The molecule has 3 rings (SSSR count). The van der Waals surface area contributed by atoms with Gasteiger partial charge in [0, 0.05) is 16.3 Å². The zero-order chi connectivity index (χ0) is 18.0. The highest BCUT2D eigenvalue weighted by Crippen LogP contribution is 2.25. The molecule has 25 heavy (non-hydrogen) atoms. The molecular weight excluding hydrogens is 383 g/mol. The van der Waals surface area contributed by atoms with Crippen molar-refractivity contribution in [3.63, 3.8) is 0 Å². The molecule has 1 atom stereocenters. The van der Waals surface area contributed by atoms with Gasteiger partial charge in [0.2, 0.25) is 0 Å². The third kappa shape index (κ3) is 3.99. The molecule has 0 saturated carbocycles. The summed E-state index contributed by atoms with van der Waals surface area (Å²) in [6.45, 7) is 0. The monoisotopic (exact) mass is 393 g/mol. The molecule has 0 N–H and O–H groups in total. The largest absolute Gasteiger partial charge is 0.772 e. The van der Waals surface area contributed by atoms with Crippen LogP contribution in [0.3, 0.4) is 0 Å². The number of hydrogen-bond donors (Lipinski definition) is 0. The average molecular weight is 394 g/mol. The van der Waals surface area contributed by atoms with Crippen LogP contribution < -0.4 is 5.56 Å². The summed E-state index contributed by atoms with van der Waals surface area (Å²) in [6.07, 6.45) is 1.49. The van der Waals surface area contributed by atoms with Crippen LogP contribution in [0.2, 0.25) is 10.0 Å². The number of nitrogens with zero attached hydrogens (tertiary/aromatic N) is 2. The van der Waals surface area contributed by atoms with E-state index in [1.807, 2.05) is 0 Å². The standard InChI is InChI=1S/C17H12Cl2N2O3S/c18-13-2-1-3-14(8-13)21-17(22)16(19)15(9-20-21)12-6-4-11(5-7-12)10-25(23)24/h1-9H,10H2,(H,23,24)/p-1. The maximum absolute atomic E-state index is 12.5. The Morgan fingerprint density at radius 3 is 2.48 bits per heavy atom. The van der Waals surface area contributed by atoms with E-state index in [1.165, 1.54) is 10.9 Å². The summed E-state index contributed by atoms with van der Waals surface area (Å²) in [5.74, 6) is -0.0668. The van der Waals surface area contributed by atoms with Gasteiger partial charge in [0.05, 0.1) is 11.9 Å². The number of hydrogen-bond acceptors (Lipinski definition) is 4. The van der Waals surface area contributed by atoms with Crippen molar-refractivity contribution in [2.45, 2.75) is 5.75 Å². The molecule has 0 aliphatic heterocycles. The molecule has 0 aliphatic rings. The molecule has 128 valence electrons. The van der Waals surface area contributed by atoms with Crippen LogP contribution in [0.4, 0.5) is 0 Å². The van der Waals surface area contributed by atoms with Crippen molar-refractivity contribution in [3.8, 4) is 16.8 Å². The molecule has 2 aromatic carbocycles. The van der Waals surface area contributed by atoms with Gasteiger partial charge >= 0.3 is 0 Å². The highest BCUT2D eigenvalue weighted by Gasteiger charge is 2.12. The molecule has 0 bridgehead atoms. The van der Waals surface area contributed by atoms with Crippen molar-refractivity contribution >= 4 is 34.3 Å². The summed E-state index contributed by atoms with van der Waals surface area (Å²) in [5, 5.41) is 4.67. The Morgan fingerprint density at radius 2 is 1.84 bits per heavy atom. The molecule has 3 aromatic rings. The summed E-state index contributed by atoms with van der Waals surface area (Å²) in [5.41, 5.74) is 1.84. The first kappa shape index (κ1) is 17.8. The van der Waals surface area contributed by atoms with Gasteiger partial charge < -0.3 is 4.55 Å². The van der Waals surface area contributed by atoms with Crippen molar-refractivity contribution in [1.29, 1.82) is 0 Å². The molecule has 1 aromatic heterocycles. The van der Waals surface area contributed by atoms with Gasteiger partial charge in [0.1, 0.15) is 5.02 Å². The van der Waals surface area contributed by atoms with Crippen molar-refractivity contribution in [2.24, 2.45) is 0 Å². The molecule has 0 fully saturated rings. The first-order valence-electron chi connectivity index (χ1n) is 7.14. The smallest absolute Gasteiger partial charge is 0.290 e. The molecule has 1 unspecified atom stereocenters. The lowest BCUT2D eigenvalue weighted by atomic mass is 10.1. The number of benzene rings is 2. The molecular formula is C17H11Cl2N2O3S-. The van der Waals surface area contributed by atoms with Crippen LogP contribution in [0.1, 0.15) is 5.56 Å². The van der Waals surface area contributed by atoms with E-state index in [2.05, 4.69) is 5.10 Å². The van der Waals surface area contributed by atoms with Crippen LogP contribution >= 0.6 is 23.2 Å². The van der Waals surface area contributed by atoms with E-state index in [0.717, 1.165) is 0 Å². The molecule has 0 spiro atoms. The maximum Gasteiger partial charge on any atom is 0.290 e. The lowest BCUT2D eigenvalue weighted by Crippen LogP contribution is -2.21. The Labute approximate surface area is 156 Å². The summed E-state index contributed by atoms with van der Waals surface area (Å²) < 4.78 is 22.6. The van der Waals surface area contributed by atoms with Crippen LogP contribution in [-0.4, -0.2) is 18.5 Å². The lowest BCUT2D eigenvalue weighted by molar-refractivity contribution is 0.536. The number of rotatable bonds is 4. The van der Waals surface area contributed by atoms with Crippen molar-refractivity contribution < 1.29 is 8.76 Å². The number of aromatic nitrogens is 2. The molecule has 5 nitrogen and oxygen atoms in total. The van der Waals surface area contributed by atoms with Crippen molar-refractivity contribution in [3.05, 3.63) is 80.7 Å². The minimum Gasteiger partial charge on any atom is -0.772 e. The highest BCUT2D eigenvalue weighted by molar-refractivity contribution is 7.78. The Kier molecular flexibility index (Phi) is 5.34. The van der Waals surface area contributed by atoms with Crippen LogP contribution in [0, 0.1) is 0 Å². The average Bonchev–Trinajstić information content (AvgIpc) is 2.58. The van der Waals surface area contributed by atoms with Gasteiger partial charge in [-0.2, -0.15) is 9.78 Å². The highest BCUT2D eigenvalue weighted by atomic mass is 35.5. The van der Waals surface area contributed by atoms with Crippen molar-refractivity contribution in [1.82, 2.24) is 9.78 Å². The molecule has 8 heteroatoms. The second-order valence-electron chi connectivity index (χ2n) is 5.21. The van der Waals surface area contributed by atoms with E-state index in [-0.39, 0.29) is 10.8 Å². The van der Waals surface area contributed by atoms with E-state index in [4.69, 9.17) is 23.2 Å². The molecule has 0 saturated heterocycles. The third-order valence-corrected chi connectivity index (χ3v) is 4.69. The SMILES string of the molecule is O=c1c(Cl)c(-c2ccc(CS(=O)[O-])cc2)cnn1-c1cccc(Cl)c1. The second kappa shape index (κ2) is 7.49. The lowest BCUT2D eigenvalue weighted by Gasteiger charge is -2.10. The van der Waals surface area contributed by atoms with Crippen LogP contribution in [0.5, 0.6) is 0 Å².